The average Bonchev–Trinajstić information content (AvgIpc) is 2.73. The molecule has 1 aromatic heterocycles. The first-order valence-electron chi connectivity index (χ1n) is 5.23. The summed E-state index contributed by atoms with van der Waals surface area (Å²) in [4.78, 5) is 4.39. The monoisotopic (exact) mass is 283 g/mol. The summed E-state index contributed by atoms with van der Waals surface area (Å²) in [6, 6.07) is 6.07. The van der Waals surface area contributed by atoms with Crippen molar-refractivity contribution in [2.45, 2.75) is 18.4 Å². The number of rotatable bonds is 4. The van der Waals surface area contributed by atoms with Crippen LogP contribution < -0.4 is 10.5 Å². The maximum absolute atomic E-state index is 11.9. The van der Waals surface area contributed by atoms with Gasteiger partial charge < -0.3 is 5.73 Å². The maximum atomic E-state index is 11.9. The first-order chi connectivity index (χ1) is 8.47. The van der Waals surface area contributed by atoms with Crippen molar-refractivity contribution >= 4 is 27.0 Å². The van der Waals surface area contributed by atoms with E-state index >= 15 is 0 Å². The molecule has 0 aliphatic carbocycles. The molecule has 0 saturated carbocycles. The number of sulfonamides is 1. The SMILES string of the molecule is Cc1nc(CNS(=O)(=O)c2ccc(N)cc2)cs1. The molecule has 0 spiro atoms. The lowest BCUT2D eigenvalue weighted by Crippen LogP contribution is -2.23. The van der Waals surface area contributed by atoms with Gasteiger partial charge in [0, 0.05) is 11.1 Å². The Morgan fingerprint density at radius 3 is 2.56 bits per heavy atom. The van der Waals surface area contributed by atoms with Crippen molar-refractivity contribution in [3.8, 4) is 0 Å². The molecule has 0 saturated heterocycles. The highest BCUT2D eigenvalue weighted by molar-refractivity contribution is 7.89. The molecular weight excluding hydrogens is 270 g/mol. The highest BCUT2D eigenvalue weighted by atomic mass is 32.2. The normalized spacial score (nSPS) is 11.6. The zero-order valence-corrected chi connectivity index (χ0v) is 11.4. The van der Waals surface area contributed by atoms with E-state index in [9.17, 15) is 8.42 Å². The molecule has 96 valence electrons. The first-order valence-corrected chi connectivity index (χ1v) is 7.60. The number of nitrogens with one attached hydrogen (secondary N) is 1. The van der Waals surface area contributed by atoms with Gasteiger partial charge in [0.25, 0.3) is 0 Å². The zero-order valence-electron chi connectivity index (χ0n) is 9.75. The Morgan fingerprint density at radius 2 is 2.00 bits per heavy atom. The molecule has 1 heterocycles. The van der Waals surface area contributed by atoms with Crippen LogP contribution in [-0.2, 0) is 16.6 Å². The van der Waals surface area contributed by atoms with Crippen molar-refractivity contribution in [2.24, 2.45) is 0 Å². The van der Waals surface area contributed by atoms with Gasteiger partial charge in [-0.2, -0.15) is 0 Å². The van der Waals surface area contributed by atoms with E-state index in [0.717, 1.165) is 10.7 Å². The molecular formula is C11H13N3O2S2. The van der Waals surface area contributed by atoms with Gasteiger partial charge in [0.1, 0.15) is 0 Å². The number of hydrogen-bond acceptors (Lipinski definition) is 5. The van der Waals surface area contributed by atoms with Gasteiger partial charge in [0.05, 0.1) is 22.1 Å². The van der Waals surface area contributed by atoms with Crippen LogP contribution in [0.25, 0.3) is 0 Å². The number of nitrogens with zero attached hydrogens (tertiary/aromatic N) is 1. The van der Waals surface area contributed by atoms with Crippen molar-refractivity contribution in [1.29, 1.82) is 0 Å². The molecule has 1 aromatic carbocycles. The van der Waals surface area contributed by atoms with Gasteiger partial charge in [0.15, 0.2) is 0 Å². The molecule has 0 atom stereocenters. The average molecular weight is 283 g/mol. The lowest BCUT2D eigenvalue weighted by Gasteiger charge is -2.05. The van der Waals surface area contributed by atoms with E-state index in [2.05, 4.69) is 9.71 Å². The van der Waals surface area contributed by atoms with Crippen LogP contribution in [0.4, 0.5) is 5.69 Å². The fourth-order valence-corrected chi connectivity index (χ4v) is 3.00. The Balaban J connectivity index is 2.10. The molecule has 7 heteroatoms. The Labute approximate surface area is 110 Å². The molecule has 0 radical (unpaired) electrons. The van der Waals surface area contributed by atoms with Crippen LogP contribution in [0.3, 0.4) is 0 Å². The number of hydrogen-bond donors (Lipinski definition) is 2. The molecule has 0 aliphatic rings. The number of nitrogen functional groups attached to an aromatic ring is 1. The summed E-state index contributed by atoms with van der Waals surface area (Å²) in [5.74, 6) is 0. The second-order valence-electron chi connectivity index (χ2n) is 3.75. The Bertz CT molecular complexity index is 633. The highest BCUT2D eigenvalue weighted by Gasteiger charge is 2.13. The summed E-state index contributed by atoms with van der Waals surface area (Å²) in [7, 11) is -3.51. The summed E-state index contributed by atoms with van der Waals surface area (Å²) in [6.07, 6.45) is 0. The topological polar surface area (TPSA) is 85.1 Å². The molecule has 0 fully saturated rings. The van der Waals surface area contributed by atoms with Crippen LogP contribution in [0.2, 0.25) is 0 Å². The quantitative estimate of drug-likeness (QED) is 0.833. The van der Waals surface area contributed by atoms with Crippen molar-refractivity contribution < 1.29 is 8.42 Å². The predicted molar refractivity (Wildman–Crippen MR) is 71.7 cm³/mol. The minimum atomic E-state index is -3.51. The largest absolute Gasteiger partial charge is 0.399 e. The molecule has 18 heavy (non-hydrogen) atoms. The lowest BCUT2D eigenvalue weighted by molar-refractivity contribution is 0.580. The molecule has 2 rings (SSSR count). The number of benzene rings is 1. The third-order valence-corrected chi connectivity index (χ3v) is 4.54. The fourth-order valence-electron chi connectivity index (χ4n) is 1.39. The van der Waals surface area contributed by atoms with Gasteiger partial charge in [0.2, 0.25) is 10.0 Å². The van der Waals surface area contributed by atoms with Crippen LogP contribution in [0, 0.1) is 6.92 Å². The third kappa shape index (κ3) is 3.06. The second kappa shape index (κ2) is 5.05. The summed E-state index contributed by atoms with van der Waals surface area (Å²) in [6.45, 7) is 2.07. The van der Waals surface area contributed by atoms with Gasteiger partial charge >= 0.3 is 0 Å². The number of anilines is 1. The molecule has 5 nitrogen and oxygen atoms in total. The Morgan fingerprint density at radius 1 is 1.33 bits per heavy atom. The van der Waals surface area contributed by atoms with Crippen LogP contribution in [0.15, 0.2) is 34.5 Å². The first kappa shape index (κ1) is 13.0. The minimum absolute atomic E-state index is 0.192. The van der Waals surface area contributed by atoms with Crippen molar-refractivity contribution in [1.82, 2.24) is 9.71 Å². The number of thiazole rings is 1. The summed E-state index contributed by atoms with van der Waals surface area (Å²) in [5, 5.41) is 2.75. The van der Waals surface area contributed by atoms with Gasteiger partial charge in [-0.1, -0.05) is 0 Å². The smallest absolute Gasteiger partial charge is 0.240 e. The molecule has 0 unspecified atom stereocenters. The van der Waals surface area contributed by atoms with E-state index in [-0.39, 0.29) is 11.4 Å². The lowest BCUT2D eigenvalue weighted by atomic mass is 10.3. The summed E-state index contributed by atoms with van der Waals surface area (Å²) < 4.78 is 26.4. The summed E-state index contributed by atoms with van der Waals surface area (Å²) in [5.41, 5.74) is 6.76. The summed E-state index contributed by atoms with van der Waals surface area (Å²) >= 11 is 1.49. The third-order valence-electron chi connectivity index (χ3n) is 2.30. The van der Waals surface area contributed by atoms with E-state index < -0.39 is 10.0 Å². The fraction of sp³-hybridized carbons (Fsp3) is 0.182. The van der Waals surface area contributed by atoms with Crippen molar-refractivity contribution in [2.75, 3.05) is 5.73 Å². The van der Waals surface area contributed by atoms with E-state index in [1.807, 2.05) is 12.3 Å². The van der Waals surface area contributed by atoms with Crippen LogP contribution in [0.5, 0.6) is 0 Å². The van der Waals surface area contributed by atoms with E-state index in [1.165, 1.54) is 23.5 Å². The standard InChI is InChI=1S/C11H13N3O2S2/c1-8-14-10(7-17-8)6-13-18(15,16)11-4-2-9(12)3-5-11/h2-5,7,13H,6,12H2,1H3. The highest BCUT2D eigenvalue weighted by Crippen LogP contribution is 2.13. The molecule has 2 aromatic rings. The number of aryl methyl sites for hydroxylation is 1. The zero-order chi connectivity index (χ0) is 13.2. The van der Waals surface area contributed by atoms with Crippen LogP contribution >= 0.6 is 11.3 Å². The second-order valence-corrected chi connectivity index (χ2v) is 6.58. The molecule has 3 N–H and O–H groups in total. The van der Waals surface area contributed by atoms with Crippen molar-refractivity contribution in [3.05, 3.63) is 40.3 Å². The Kier molecular flexibility index (Phi) is 3.65. The molecule has 0 bridgehead atoms. The number of nitrogens with two attached hydrogens (primary N) is 1. The van der Waals surface area contributed by atoms with Crippen molar-refractivity contribution in [3.63, 3.8) is 0 Å². The molecule has 0 aliphatic heterocycles. The Hall–Kier alpha value is -1.44. The number of aromatic nitrogens is 1. The minimum Gasteiger partial charge on any atom is -0.399 e. The van der Waals surface area contributed by atoms with E-state index in [0.29, 0.717) is 5.69 Å². The van der Waals surface area contributed by atoms with Crippen LogP contribution in [0.1, 0.15) is 10.7 Å². The van der Waals surface area contributed by atoms with Gasteiger partial charge in [-0.05, 0) is 31.2 Å². The molecule has 0 amide bonds. The predicted octanol–water partition coefficient (Wildman–Crippen LogP) is 1.51. The van der Waals surface area contributed by atoms with Gasteiger partial charge in [-0.25, -0.2) is 18.1 Å². The van der Waals surface area contributed by atoms with Gasteiger partial charge in [-0.3, -0.25) is 0 Å². The maximum Gasteiger partial charge on any atom is 0.240 e. The van der Waals surface area contributed by atoms with E-state index in [1.54, 1.807) is 12.1 Å². The van der Waals surface area contributed by atoms with Gasteiger partial charge in [-0.15, -0.1) is 11.3 Å². The van der Waals surface area contributed by atoms with Crippen LogP contribution in [-0.4, -0.2) is 13.4 Å². The van der Waals surface area contributed by atoms with E-state index in [4.69, 9.17) is 5.73 Å².